The van der Waals surface area contributed by atoms with Crippen molar-refractivity contribution in [3.63, 3.8) is 0 Å². The van der Waals surface area contributed by atoms with Crippen LogP contribution in [-0.4, -0.2) is 59.9 Å². The van der Waals surface area contributed by atoms with Crippen molar-refractivity contribution >= 4 is 52.1 Å². The predicted molar refractivity (Wildman–Crippen MR) is 150 cm³/mol. The minimum absolute atomic E-state index is 0.106. The number of Topliss-reactive ketones (excluding diaryl/α,β-unsaturated/α-hetero) is 1. The quantitative estimate of drug-likeness (QED) is 0.254. The number of nitrogens with one attached hydrogen (secondary N) is 1. The molecule has 0 amide bonds. The van der Waals surface area contributed by atoms with Gasteiger partial charge in [0.2, 0.25) is 0 Å². The third-order valence-electron chi connectivity index (χ3n) is 7.87. The number of benzene rings is 2. The van der Waals surface area contributed by atoms with Gasteiger partial charge in [-0.3, -0.25) is 9.59 Å². The van der Waals surface area contributed by atoms with Crippen LogP contribution in [0.1, 0.15) is 54.4 Å². The molecule has 1 N–H and O–H groups in total. The van der Waals surface area contributed by atoms with Crippen LogP contribution in [0.15, 0.2) is 35.5 Å². The number of nitrogens with zero attached hydrogens (tertiary/aromatic N) is 1. The molecule has 1 aliphatic carbocycles. The van der Waals surface area contributed by atoms with E-state index in [9.17, 15) is 14.4 Å². The van der Waals surface area contributed by atoms with Crippen LogP contribution in [0.4, 0.5) is 0 Å². The maximum Gasteiger partial charge on any atom is 0.337 e. The molecule has 2 heterocycles. The van der Waals surface area contributed by atoms with Crippen LogP contribution in [-0.2, 0) is 25.5 Å². The molecule has 2 aliphatic rings. The van der Waals surface area contributed by atoms with Crippen LogP contribution < -0.4 is 9.47 Å². The first-order valence-electron chi connectivity index (χ1n) is 13.2. The van der Waals surface area contributed by atoms with Crippen molar-refractivity contribution in [2.24, 2.45) is 5.92 Å². The summed E-state index contributed by atoms with van der Waals surface area (Å²) >= 11 is 7.43. The van der Waals surface area contributed by atoms with E-state index in [1.807, 2.05) is 0 Å². The maximum absolute atomic E-state index is 13.6. The highest BCUT2D eigenvalue weighted by Crippen LogP contribution is 2.46. The first-order chi connectivity index (χ1) is 19.3. The van der Waals surface area contributed by atoms with Gasteiger partial charge in [-0.2, -0.15) is 0 Å². The molecular formula is C29H31ClN2O7S. The Kier molecular flexibility index (Phi) is 8.28. The number of methoxy groups -OCH3 is 3. The van der Waals surface area contributed by atoms with Gasteiger partial charge in [-0.1, -0.05) is 36.2 Å². The van der Waals surface area contributed by atoms with E-state index in [0.29, 0.717) is 51.1 Å². The number of imidazole rings is 1. The molecule has 1 aliphatic heterocycles. The average molecular weight is 587 g/mol. The fraction of sp³-hybridized carbons (Fsp3) is 0.448. The SMILES string of the molecule is COC(=O)c1ccc2nc(SC3C(=O)CC(CCc4cc(Cl)c(OC)cc4OC)(C4CCCC4)OC3=O)[nH]c2c1. The van der Waals surface area contributed by atoms with E-state index in [1.54, 1.807) is 44.6 Å². The van der Waals surface area contributed by atoms with Gasteiger partial charge >= 0.3 is 11.9 Å². The molecule has 0 bridgehead atoms. The molecule has 1 saturated heterocycles. The van der Waals surface area contributed by atoms with Crippen molar-refractivity contribution in [3.8, 4) is 11.5 Å². The Morgan fingerprint density at radius 3 is 2.55 bits per heavy atom. The molecule has 1 saturated carbocycles. The third kappa shape index (κ3) is 5.51. The Balaban J connectivity index is 1.36. The highest BCUT2D eigenvalue weighted by molar-refractivity contribution is 8.01. The molecule has 0 spiro atoms. The van der Waals surface area contributed by atoms with Gasteiger partial charge in [0.25, 0.3) is 0 Å². The fourth-order valence-corrected chi connectivity index (χ4v) is 6.97. The van der Waals surface area contributed by atoms with Crippen LogP contribution in [0.25, 0.3) is 11.0 Å². The molecular weight excluding hydrogens is 556 g/mol. The van der Waals surface area contributed by atoms with Gasteiger partial charge in [0.05, 0.1) is 42.9 Å². The van der Waals surface area contributed by atoms with Crippen molar-refractivity contribution in [2.75, 3.05) is 21.3 Å². The van der Waals surface area contributed by atoms with Crippen LogP contribution in [0.5, 0.6) is 11.5 Å². The molecule has 2 unspecified atom stereocenters. The summed E-state index contributed by atoms with van der Waals surface area (Å²) in [5, 5.41) is -0.163. The molecule has 9 nitrogen and oxygen atoms in total. The van der Waals surface area contributed by atoms with Crippen molar-refractivity contribution in [1.29, 1.82) is 0 Å². The molecule has 40 heavy (non-hydrogen) atoms. The Hall–Kier alpha value is -3.24. The van der Waals surface area contributed by atoms with Gasteiger partial charge in [0.1, 0.15) is 17.1 Å². The number of hydrogen-bond acceptors (Lipinski definition) is 9. The van der Waals surface area contributed by atoms with Gasteiger partial charge < -0.3 is 23.9 Å². The Morgan fingerprint density at radius 1 is 1.12 bits per heavy atom. The molecule has 2 fully saturated rings. The monoisotopic (exact) mass is 586 g/mol. The number of aromatic amines is 1. The third-order valence-corrected chi connectivity index (χ3v) is 9.27. The topological polar surface area (TPSA) is 117 Å². The molecule has 3 aromatic rings. The minimum atomic E-state index is -1.03. The number of ketones is 1. The lowest BCUT2D eigenvalue weighted by Crippen LogP contribution is -2.53. The second kappa shape index (κ2) is 11.7. The molecule has 5 rings (SSSR count). The van der Waals surface area contributed by atoms with E-state index in [1.165, 1.54) is 7.11 Å². The van der Waals surface area contributed by atoms with Crippen LogP contribution in [0, 0.1) is 5.92 Å². The largest absolute Gasteiger partial charge is 0.496 e. The second-order valence-corrected chi connectivity index (χ2v) is 11.7. The summed E-state index contributed by atoms with van der Waals surface area (Å²) in [7, 11) is 4.44. The van der Waals surface area contributed by atoms with Gasteiger partial charge in [0.15, 0.2) is 16.2 Å². The van der Waals surface area contributed by atoms with Gasteiger partial charge in [-0.15, -0.1) is 0 Å². The number of cyclic esters (lactones) is 1. The Morgan fingerprint density at radius 2 is 1.88 bits per heavy atom. The first kappa shape index (κ1) is 28.3. The maximum atomic E-state index is 13.6. The van der Waals surface area contributed by atoms with Crippen molar-refractivity contribution in [1.82, 2.24) is 9.97 Å². The summed E-state index contributed by atoms with van der Waals surface area (Å²) in [4.78, 5) is 46.5. The number of carbonyl (C=O) groups excluding carboxylic acids is 3. The Labute approximate surface area is 241 Å². The normalized spacial score (nSPS) is 21.4. The summed E-state index contributed by atoms with van der Waals surface area (Å²) in [6.07, 6.45) is 5.04. The van der Waals surface area contributed by atoms with Crippen LogP contribution in [0.3, 0.4) is 0 Å². The molecule has 11 heteroatoms. The number of aryl methyl sites for hydroxylation is 1. The van der Waals surface area contributed by atoms with E-state index in [4.69, 9.17) is 30.5 Å². The van der Waals surface area contributed by atoms with E-state index in [-0.39, 0.29) is 18.1 Å². The summed E-state index contributed by atoms with van der Waals surface area (Å²) in [6, 6.07) is 8.48. The smallest absolute Gasteiger partial charge is 0.337 e. The number of fused-ring (bicyclic) bond motifs is 1. The molecule has 1 aromatic heterocycles. The van der Waals surface area contributed by atoms with E-state index < -0.39 is 22.8 Å². The number of hydrogen-bond donors (Lipinski definition) is 1. The Bertz CT molecular complexity index is 1430. The summed E-state index contributed by atoms with van der Waals surface area (Å²) < 4.78 is 21.9. The number of rotatable bonds is 9. The number of ether oxygens (including phenoxy) is 4. The van der Waals surface area contributed by atoms with Gasteiger partial charge in [-0.05, 0) is 61.4 Å². The lowest BCUT2D eigenvalue weighted by Gasteiger charge is -2.42. The van der Waals surface area contributed by atoms with E-state index >= 15 is 0 Å². The zero-order valence-corrected chi connectivity index (χ0v) is 24.2. The average Bonchev–Trinajstić information content (AvgIpc) is 3.63. The van der Waals surface area contributed by atoms with Crippen molar-refractivity contribution in [3.05, 3.63) is 46.5 Å². The van der Waals surface area contributed by atoms with Crippen LogP contribution in [0.2, 0.25) is 5.02 Å². The lowest BCUT2D eigenvalue weighted by molar-refractivity contribution is -0.177. The van der Waals surface area contributed by atoms with Crippen LogP contribution >= 0.6 is 23.4 Å². The molecule has 2 aromatic carbocycles. The van der Waals surface area contributed by atoms with Crippen molar-refractivity contribution < 1.29 is 33.3 Å². The predicted octanol–water partition coefficient (Wildman–Crippen LogP) is 5.56. The standard InChI is InChI=1S/C29H31ClN2O7S/c1-36-23-14-24(37-2)19(30)12-16(23)10-11-29(18-6-4-5-7-18)15-22(33)25(27(35)39-29)40-28-31-20-9-8-17(26(34)38-3)13-21(20)32-28/h8-9,12-14,18,25H,4-7,10-11,15H2,1-3H3,(H,31,32). The molecule has 2 atom stereocenters. The fourth-order valence-electron chi connectivity index (χ4n) is 5.81. The number of carbonyl (C=O) groups is 3. The highest BCUT2D eigenvalue weighted by atomic mass is 35.5. The van der Waals surface area contributed by atoms with Gasteiger partial charge in [0, 0.05) is 12.5 Å². The zero-order chi connectivity index (χ0) is 28.4. The minimum Gasteiger partial charge on any atom is -0.496 e. The summed E-state index contributed by atoms with van der Waals surface area (Å²) in [5.74, 6) is 0.0553. The zero-order valence-electron chi connectivity index (χ0n) is 22.6. The van der Waals surface area contributed by atoms with E-state index in [2.05, 4.69) is 9.97 Å². The summed E-state index contributed by atoms with van der Waals surface area (Å²) in [5.41, 5.74) is 1.56. The number of thioether (sulfide) groups is 1. The summed E-state index contributed by atoms with van der Waals surface area (Å²) in [6.45, 7) is 0. The number of aromatic nitrogens is 2. The molecule has 212 valence electrons. The first-order valence-corrected chi connectivity index (χ1v) is 14.4. The van der Waals surface area contributed by atoms with E-state index in [0.717, 1.165) is 43.0 Å². The number of H-pyrrole nitrogens is 1. The highest BCUT2D eigenvalue weighted by Gasteiger charge is 2.52. The number of halogens is 1. The lowest BCUT2D eigenvalue weighted by atomic mass is 9.76. The molecule has 0 radical (unpaired) electrons. The van der Waals surface area contributed by atoms with Crippen molar-refractivity contribution in [2.45, 2.75) is 61.0 Å². The number of esters is 2. The van der Waals surface area contributed by atoms with Gasteiger partial charge in [-0.25, -0.2) is 9.78 Å². The second-order valence-electron chi connectivity index (χ2n) is 10.2.